The summed E-state index contributed by atoms with van der Waals surface area (Å²) >= 11 is 0. The Hall–Kier alpha value is -2.96. The lowest BCUT2D eigenvalue weighted by molar-refractivity contribution is 0.219. The lowest BCUT2D eigenvalue weighted by Gasteiger charge is -2.15. The molecule has 0 radical (unpaired) electrons. The molecule has 0 fully saturated rings. The number of carbonyl (C=O) groups excluding carboxylic acids is 1. The van der Waals surface area contributed by atoms with Crippen molar-refractivity contribution >= 4 is 22.9 Å². The summed E-state index contributed by atoms with van der Waals surface area (Å²) in [5.74, 6) is 1.15. The molecule has 7 heteroatoms. The number of nitrogens with zero attached hydrogens (tertiary/aromatic N) is 4. The van der Waals surface area contributed by atoms with Crippen LogP contribution in [0.2, 0.25) is 0 Å². The van der Waals surface area contributed by atoms with E-state index in [1.807, 2.05) is 24.3 Å². The fraction of sp³-hybridized carbons (Fsp3) is 0.143. The highest BCUT2D eigenvalue weighted by atomic mass is 16.2. The summed E-state index contributed by atoms with van der Waals surface area (Å²) in [5.41, 5.74) is 1.84. The van der Waals surface area contributed by atoms with Gasteiger partial charge in [-0.15, -0.1) is 0 Å². The number of para-hydroxylation sites is 2. The van der Waals surface area contributed by atoms with Crippen molar-refractivity contribution in [3.63, 3.8) is 0 Å². The Bertz CT molecular complexity index is 721. The van der Waals surface area contributed by atoms with Crippen LogP contribution in [0.5, 0.6) is 0 Å². The van der Waals surface area contributed by atoms with E-state index in [0.29, 0.717) is 12.4 Å². The number of amides is 2. The molecule has 3 rings (SSSR count). The van der Waals surface area contributed by atoms with Gasteiger partial charge < -0.3 is 9.88 Å². The molecule has 2 heterocycles. The first-order chi connectivity index (χ1) is 10.2. The van der Waals surface area contributed by atoms with Gasteiger partial charge in [0.05, 0.1) is 23.8 Å². The maximum atomic E-state index is 12.0. The van der Waals surface area contributed by atoms with Crippen molar-refractivity contribution in [2.24, 2.45) is 0 Å². The highest BCUT2D eigenvalue weighted by Crippen LogP contribution is 2.11. The maximum Gasteiger partial charge on any atom is 0.323 e. The third kappa shape index (κ3) is 2.97. The number of benzene rings is 1. The van der Waals surface area contributed by atoms with E-state index in [4.69, 9.17) is 0 Å². The van der Waals surface area contributed by atoms with Crippen molar-refractivity contribution in [1.82, 2.24) is 24.8 Å². The molecule has 2 amide bonds. The topological polar surface area (TPSA) is 86.8 Å². The van der Waals surface area contributed by atoms with Gasteiger partial charge in [0.2, 0.25) is 0 Å². The summed E-state index contributed by atoms with van der Waals surface area (Å²) in [5, 5.41) is 2.67. The zero-order chi connectivity index (χ0) is 14.7. The normalized spacial score (nSPS) is 10.5. The fourth-order valence-electron chi connectivity index (χ4n) is 1.95. The molecule has 2 N–H and O–H groups in total. The lowest BCUT2D eigenvalue weighted by Crippen LogP contribution is -2.31. The average molecular weight is 282 g/mol. The van der Waals surface area contributed by atoms with Gasteiger partial charge in [-0.1, -0.05) is 12.1 Å². The van der Waals surface area contributed by atoms with Gasteiger partial charge >= 0.3 is 6.03 Å². The number of nitrogens with one attached hydrogen (secondary N) is 2. The number of hydrogen-bond donors (Lipinski definition) is 2. The van der Waals surface area contributed by atoms with E-state index < -0.39 is 0 Å². The summed E-state index contributed by atoms with van der Waals surface area (Å²) in [4.78, 5) is 29.1. The number of hydrogen-bond acceptors (Lipinski definition) is 4. The van der Waals surface area contributed by atoms with Crippen LogP contribution in [0.3, 0.4) is 0 Å². The predicted octanol–water partition coefficient (Wildman–Crippen LogP) is 2.02. The number of fused-ring (bicyclic) bond motifs is 1. The molecule has 0 bridgehead atoms. The molecular weight excluding hydrogens is 268 g/mol. The van der Waals surface area contributed by atoms with Crippen LogP contribution in [0.15, 0.2) is 42.9 Å². The lowest BCUT2D eigenvalue weighted by atomic mass is 10.3. The van der Waals surface area contributed by atoms with Gasteiger partial charge in [0.1, 0.15) is 5.82 Å². The summed E-state index contributed by atoms with van der Waals surface area (Å²) in [6.45, 7) is 0.376. The first kappa shape index (κ1) is 13.0. The number of rotatable bonds is 3. The van der Waals surface area contributed by atoms with Crippen LogP contribution in [-0.4, -0.2) is 37.9 Å². The molecule has 7 nitrogen and oxygen atoms in total. The van der Waals surface area contributed by atoms with E-state index in [1.54, 1.807) is 13.2 Å². The molecule has 0 unspecified atom stereocenters. The van der Waals surface area contributed by atoms with E-state index in [-0.39, 0.29) is 6.03 Å². The molecule has 2 aromatic heterocycles. The van der Waals surface area contributed by atoms with Crippen molar-refractivity contribution in [1.29, 1.82) is 0 Å². The molecule has 1 aromatic carbocycles. The van der Waals surface area contributed by atoms with Gasteiger partial charge in [0.15, 0.2) is 5.82 Å². The summed E-state index contributed by atoms with van der Waals surface area (Å²) in [6.07, 6.45) is 4.57. The Balaban J connectivity index is 1.67. The van der Waals surface area contributed by atoms with Gasteiger partial charge in [0, 0.05) is 19.4 Å². The molecule has 3 aromatic rings. The monoisotopic (exact) mass is 282 g/mol. The van der Waals surface area contributed by atoms with E-state index >= 15 is 0 Å². The van der Waals surface area contributed by atoms with Crippen LogP contribution in [-0.2, 0) is 6.54 Å². The van der Waals surface area contributed by atoms with Gasteiger partial charge in [-0.2, -0.15) is 0 Å². The molecule has 21 heavy (non-hydrogen) atoms. The number of aromatic nitrogens is 4. The Kier molecular flexibility index (Phi) is 3.46. The van der Waals surface area contributed by atoms with Gasteiger partial charge in [-0.05, 0) is 12.1 Å². The highest BCUT2D eigenvalue weighted by molar-refractivity contribution is 5.87. The smallest absolute Gasteiger partial charge is 0.323 e. The second-order valence-corrected chi connectivity index (χ2v) is 4.58. The molecule has 106 valence electrons. The second-order valence-electron chi connectivity index (χ2n) is 4.58. The van der Waals surface area contributed by atoms with Gasteiger partial charge in [-0.25, -0.2) is 14.8 Å². The van der Waals surface area contributed by atoms with Crippen molar-refractivity contribution in [2.45, 2.75) is 6.54 Å². The third-order valence-electron chi connectivity index (χ3n) is 2.97. The molecular formula is C14H14N6O. The number of H-pyrrole nitrogens is 1. The summed E-state index contributed by atoms with van der Waals surface area (Å²) < 4.78 is 0. The van der Waals surface area contributed by atoms with Gasteiger partial charge in [-0.3, -0.25) is 10.3 Å². The zero-order valence-corrected chi connectivity index (χ0v) is 11.4. The number of carbonyl (C=O) groups is 1. The Morgan fingerprint density at radius 2 is 2.19 bits per heavy atom. The van der Waals surface area contributed by atoms with Crippen molar-refractivity contribution in [2.75, 3.05) is 12.4 Å². The standard InChI is InChI=1S/C14H14N6O/c1-20(14(21)19-12-8-15-6-7-16-12)9-13-17-10-4-2-3-5-11(10)18-13/h2-8H,9H2,1H3,(H,17,18)(H,16,19,21). The molecule has 0 aliphatic carbocycles. The summed E-state index contributed by atoms with van der Waals surface area (Å²) in [6, 6.07) is 7.48. The van der Waals surface area contributed by atoms with Crippen LogP contribution < -0.4 is 5.32 Å². The Morgan fingerprint density at radius 3 is 2.95 bits per heavy atom. The summed E-state index contributed by atoms with van der Waals surface area (Å²) in [7, 11) is 1.69. The Morgan fingerprint density at radius 1 is 1.33 bits per heavy atom. The molecule has 0 saturated heterocycles. The fourth-order valence-corrected chi connectivity index (χ4v) is 1.95. The molecule has 0 aliphatic rings. The van der Waals surface area contributed by atoms with E-state index in [0.717, 1.165) is 16.9 Å². The number of aromatic amines is 1. The van der Waals surface area contributed by atoms with Crippen LogP contribution in [0.4, 0.5) is 10.6 Å². The van der Waals surface area contributed by atoms with Crippen LogP contribution in [0.1, 0.15) is 5.82 Å². The number of imidazole rings is 1. The minimum absolute atomic E-state index is 0.268. The quantitative estimate of drug-likeness (QED) is 0.769. The first-order valence-corrected chi connectivity index (χ1v) is 6.44. The van der Waals surface area contributed by atoms with Crippen LogP contribution >= 0.6 is 0 Å². The van der Waals surface area contributed by atoms with E-state index in [9.17, 15) is 4.79 Å². The predicted molar refractivity (Wildman–Crippen MR) is 78.6 cm³/mol. The molecule has 0 atom stereocenters. The zero-order valence-electron chi connectivity index (χ0n) is 11.4. The largest absolute Gasteiger partial charge is 0.340 e. The minimum atomic E-state index is -0.268. The SMILES string of the molecule is CN(Cc1nc2ccccc2[nH]1)C(=O)Nc1cnccn1. The van der Waals surface area contributed by atoms with E-state index in [2.05, 4.69) is 25.3 Å². The maximum absolute atomic E-state index is 12.0. The molecule has 0 saturated carbocycles. The van der Waals surface area contributed by atoms with Crippen molar-refractivity contribution in [3.05, 3.63) is 48.7 Å². The van der Waals surface area contributed by atoms with E-state index in [1.165, 1.54) is 17.3 Å². The third-order valence-corrected chi connectivity index (χ3v) is 2.97. The number of urea groups is 1. The van der Waals surface area contributed by atoms with Crippen molar-refractivity contribution < 1.29 is 4.79 Å². The van der Waals surface area contributed by atoms with Crippen LogP contribution in [0.25, 0.3) is 11.0 Å². The molecule has 0 spiro atoms. The average Bonchev–Trinajstić information content (AvgIpc) is 2.90. The molecule has 0 aliphatic heterocycles. The first-order valence-electron chi connectivity index (χ1n) is 6.44. The van der Waals surface area contributed by atoms with Gasteiger partial charge in [0.25, 0.3) is 0 Å². The van der Waals surface area contributed by atoms with Crippen molar-refractivity contribution in [3.8, 4) is 0 Å². The van der Waals surface area contributed by atoms with Crippen LogP contribution in [0, 0.1) is 0 Å². The highest BCUT2D eigenvalue weighted by Gasteiger charge is 2.12. The number of anilines is 1. The Labute approximate surface area is 121 Å². The second kappa shape index (κ2) is 5.58. The minimum Gasteiger partial charge on any atom is -0.340 e.